The van der Waals surface area contributed by atoms with Gasteiger partial charge in [-0.1, -0.05) is 18.2 Å². The van der Waals surface area contributed by atoms with Gasteiger partial charge in [-0.15, -0.1) is 0 Å². The van der Waals surface area contributed by atoms with Crippen molar-refractivity contribution in [1.82, 2.24) is 5.32 Å². The molecule has 0 fully saturated rings. The van der Waals surface area contributed by atoms with Gasteiger partial charge in [0.25, 0.3) is 15.9 Å². The van der Waals surface area contributed by atoms with Crippen LogP contribution in [0, 0.1) is 13.8 Å². The highest BCUT2D eigenvalue weighted by molar-refractivity contribution is 7.92. The first-order valence-electron chi connectivity index (χ1n) is 10.1. The lowest BCUT2D eigenvalue weighted by molar-refractivity contribution is -0.116. The third-order valence-electron chi connectivity index (χ3n) is 4.82. The predicted molar refractivity (Wildman–Crippen MR) is 128 cm³/mol. The zero-order valence-corrected chi connectivity index (χ0v) is 19.5. The summed E-state index contributed by atoms with van der Waals surface area (Å²) in [4.78, 5) is 24.1. The van der Waals surface area contributed by atoms with Gasteiger partial charge in [-0.05, 0) is 67.1 Å². The van der Waals surface area contributed by atoms with Gasteiger partial charge >= 0.3 is 0 Å². The maximum atomic E-state index is 12.7. The van der Waals surface area contributed by atoms with Crippen LogP contribution in [-0.2, 0) is 14.8 Å². The molecule has 9 heteroatoms. The molecule has 0 saturated heterocycles. The van der Waals surface area contributed by atoms with Gasteiger partial charge in [0.05, 0.1) is 10.6 Å². The summed E-state index contributed by atoms with van der Waals surface area (Å²) < 4.78 is 28.1. The van der Waals surface area contributed by atoms with Crippen molar-refractivity contribution in [2.24, 2.45) is 0 Å². The molecule has 1 aromatic heterocycles. The van der Waals surface area contributed by atoms with E-state index in [1.54, 1.807) is 23.6 Å². The second kappa shape index (κ2) is 10.4. The molecular weight excluding hydrogens is 446 g/mol. The van der Waals surface area contributed by atoms with E-state index in [2.05, 4.69) is 15.4 Å². The molecule has 168 valence electrons. The normalized spacial score (nSPS) is 11.1. The minimum Gasteiger partial charge on any atom is -0.352 e. The highest BCUT2D eigenvalue weighted by atomic mass is 32.2. The Balaban J connectivity index is 1.50. The number of para-hydroxylation sites is 1. The minimum absolute atomic E-state index is 0.106. The largest absolute Gasteiger partial charge is 0.352 e. The molecular formula is C23H25N3O4S2. The first-order chi connectivity index (χ1) is 15.3. The summed E-state index contributed by atoms with van der Waals surface area (Å²) >= 11 is 1.45. The Hall–Kier alpha value is -3.17. The summed E-state index contributed by atoms with van der Waals surface area (Å²) in [5.41, 5.74) is 3.36. The van der Waals surface area contributed by atoms with Crippen LogP contribution in [0.25, 0.3) is 0 Å². The van der Waals surface area contributed by atoms with E-state index in [4.69, 9.17) is 0 Å². The van der Waals surface area contributed by atoms with E-state index in [-0.39, 0.29) is 23.1 Å². The van der Waals surface area contributed by atoms with Crippen molar-refractivity contribution in [3.8, 4) is 0 Å². The fourth-order valence-electron chi connectivity index (χ4n) is 3.06. The lowest BCUT2D eigenvalue weighted by Gasteiger charge is -2.13. The number of sulfonamides is 1. The molecule has 3 aromatic rings. The van der Waals surface area contributed by atoms with Gasteiger partial charge in [-0.2, -0.15) is 11.3 Å². The molecule has 0 unspecified atom stereocenters. The van der Waals surface area contributed by atoms with E-state index in [0.717, 1.165) is 11.1 Å². The Morgan fingerprint density at radius 3 is 2.28 bits per heavy atom. The first-order valence-corrected chi connectivity index (χ1v) is 12.5. The van der Waals surface area contributed by atoms with Crippen molar-refractivity contribution in [3.05, 3.63) is 76.0 Å². The van der Waals surface area contributed by atoms with E-state index in [0.29, 0.717) is 29.9 Å². The molecule has 32 heavy (non-hydrogen) atoms. The van der Waals surface area contributed by atoms with Gasteiger partial charge in [-0.25, -0.2) is 8.42 Å². The van der Waals surface area contributed by atoms with Crippen LogP contribution >= 0.6 is 11.3 Å². The van der Waals surface area contributed by atoms with E-state index < -0.39 is 10.0 Å². The molecule has 1 heterocycles. The Morgan fingerprint density at radius 2 is 1.66 bits per heavy atom. The van der Waals surface area contributed by atoms with E-state index in [1.165, 1.54) is 23.5 Å². The zero-order valence-electron chi connectivity index (χ0n) is 17.8. The summed E-state index contributed by atoms with van der Waals surface area (Å²) in [6, 6.07) is 13.3. The molecule has 0 bridgehead atoms. The number of nitrogens with one attached hydrogen (secondary N) is 3. The van der Waals surface area contributed by atoms with Crippen LogP contribution in [0.2, 0.25) is 0 Å². The molecule has 2 amide bonds. The second-order valence-corrected chi connectivity index (χ2v) is 9.78. The number of hydrogen-bond acceptors (Lipinski definition) is 5. The smallest absolute Gasteiger partial charge is 0.261 e. The first kappa shape index (κ1) is 23.5. The third kappa shape index (κ3) is 6.18. The van der Waals surface area contributed by atoms with Crippen molar-refractivity contribution in [2.45, 2.75) is 31.6 Å². The predicted octanol–water partition coefficient (Wildman–Crippen LogP) is 4.31. The van der Waals surface area contributed by atoms with Crippen molar-refractivity contribution in [1.29, 1.82) is 0 Å². The number of carbonyl (C=O) groups is 2. The van der Waals surface area contributed by atoms with Crippen molar-refractivity contribution >= 4 is 44.5 Å². The molecule has 0 radical (unpaired) electrons. The number of amides is 2. The fourth-order valence-corrected chi connectivity index (χ4v) is 4.90. The molecule has 0 aliphatic rings. The van der Waals surface area contributed by atoms with Gasteiger partial charge < -0.3 is 10.6 Å². The summed E-state index contributed by atoms with van der Waals surface area (Å²) in [6.45, 7) is 4.08. The monoisotopic (exact) mass is 471 g/mol. The molecule has 7 nitrogen and oxygen atoms in total. The molecule has 0 spiro atoms. The van der Waals surface area contributed by atoms with Crippen molar-refractivity contribution in [3.63, 3.8) is 0 Å². The van der Waals surface area contributed by atoms with Gasteiger partial charge in [0.15, 0.2) is 0 Å². The Morgan fingerprint density at radius 1 is 0.969 bits per heavy atom. The van der Waals surface area contributed by atoms with Crippen molar-refractivity contribution < 1.29 is 18.0 Å². The third-order valence-corrected chi connectivity index (χ3v) is 6.86. The standard InChI is InChI=1S/C23H25N3O4S2/c1-16-5-3-6-17(2)22(16)26-32(29,30)20-10-8-19(9-11-20)25-21(27)7-4-13-24-23(28)18-12-14-31-15-18/h3,5-6,8-12,14-15,26H,4,7,13H2,1-2H3,(H,24,28)(H,25,27). The molecule has 0 aliphatic carbocycles. The van der Waals surface area contributed by atoms with Gasteiger partial charge in [0, 0.05) is 29.6 Å². The van der Waals surface area contributed by atoms with Crippen LogP contribution in [0.3, 0.4) is 0 Å². The molecule has 3 N–H and O–H groups in total. The summed E-state index contributed by atoms with van der Waals surface area (Å²) in [6.07, 6.45) is 0.728. The average Bonchev–Trinajstić information content (AvgIpc) is 3.29. The highest BCUT2D eigenvalue weighted by Gasteiger charge is 2.16. The molecule has 3 rings (SSSR count). The summed E-state index contributed by atoms with van der Waals surface area (Å²) in [7, 11) is -3.75. The van der Waals surface area contributed by atoms with E-state index in [9.17, 15) is 18.0 Å². The summed E-state index contributed by atoms with van der Waals surface area (Å²) in [5.74, 6) is -0.364. The molecule has 0 aliphatic heterocycles. The second-order valence-electron chi connectivity index (χ2n) is 7.32. The maximum Gasteiger partial charge on any atom is 0.261 e. The van der Waals surface area contributed by atoms with Crippen LogP contribution in [-0.4, -0.2) is 26.8 Å². The molecule has 0 saturated carbocycles. The van der Waals surface area contributed by atoms with E-state index >= 15 is 0 Å². The highest BCUT2D eigenvalue weighted by Crippen LogP contribution is 2.24. The molecule has 2 aromatic carbocycles. The Bertz CT molecular complexity index is 1170. The number of benzene rings is 2. The zero-order chi connectivity index (χ0) is 23.1. The SMILES string of the molecule is Cc1cccc(C)c1NS(=O)(=O)c1ccc(NC(=O)CCCNC(=O)c2ccsc2)cc1. The lowest BCUT2D eigenvalue weighted by atomic mass is 10.1. The Kier molecular flexibility index (Phi) is 7.66. The number of anilines is 2. The number of thiophene rings is 1. The maximum absolute atomic E-state index is 12.7. The van der Waals surface area contributed by atoms with Crippen molar-refractivity contribution in [2.75, 3.05) is 16.6 Å². The van der Waals surface area contributed by atoms with Crippen LogP contribution in [0.1, 0.15) is 34.3 Å². The number of hydrogen-bond donors (Lipinski definition) is 3. The number of rotatable bonds is 9. The summed E-state index contributed by atoms with van der Waals surface area (Å²) in [5, 5.41) is 9.11. The fraction of sp³-hybridized carbons (Fsp3) is 0.217. The van der Waals surface area contributed by atoms with Crippen LogP contribution < -0.4 is 15.4 Å². The lowest BCUT2D eigenvalue weighted by Crippen LogP contribution is -2.25. The van der Waals surface area contributed by atoms with Gasteiger partial charge in [-0.3, -0.25) is 14.3 Å². The van der Waals surface area contributed by atoms with Crippen LogP contribution in [0.15, 0.2) is 64.2 Å². The van der Waals surface area contributed by atoms with Gasteiger partial charge in [0.2, 0.25) is 5.91 Å². The number of aryl methyl sites for hydroxylation is 2. The Labute approximate surface area is 191 Å². The molecule has 0 atom stereocenters. The topological polar surface area (TPSA) is 104 Å². The van der Waals surface area contributed by atoms with Gasteiger partial charge in [0.1, 0.15) is 0 Å². The quantitative estimate of drug-likeness (QED) is 0.404. The van der Waals surface area contributed by atoms with E-state index in [1.807, 2.05) is 37.4 Å². The average molecular weight is 472 g/mol. The van der Waals surface area contributed by atoms with Crippen LogP contribution in [0.5, 0.6) is 0 Å². The van der Waals surface area contributed by atoms with Crippen LogP contribution in [0.4, 0.5) is 11.4 Å². The minimum atomic E-state index is -3.75. The number of carbonyl (C=O) groups excluding carboxylic acids is 2.